The molecular formula is C9H6N2O2S-2. The molecule has 0 aliphatic rings. The Morgan fingerprint density at radius 2 is 1.43 bits per heavy atom. The summed E-state index contributed by atoms with van der Waals surface area (Å²) in [4.78, 5) is 0. The summed E-state index contributed by atoms with van der Waals surface area (Å²) < 4.78 is 2.99. The van der Waals surface area contributed by atoms with E-state index in [1.165, 1.54) is 33.7 Å². The molecule has 2 heterocycles. The molecule has 0 saturated heterocycles. The molecule has 0 N–H and O–H groups in total. The van der Waals surface area contributed by atoms with Crippen LogP contribution < -0.4 is 10.2 Å². The minimum atomic E-state index is -0.109. The standard InChI is InChI=1S/C9H8N2O2S/c12-7-1-3-10(5-7)9(14)11-4-2-8(13)6-11/h1-6,12-13H/p-2. The highest BCUT2D eigenvalue weighted by Gasteiger charge is 1.99. The van der Waals surface area contributed by atoms with Gasteiger partial charge in [0.2, 0.25) is 0 Å². The Balaban J connectivity index is 2.33. The first-order chi connectivity index (χ1) is 6.66. The van der Waals surface area contributed by atoms with E-state index in [4.69, 9.17) is 12.2 Å². The van der Waals surface area contributed by atoms with Crippen LogP contribution in [0.4, 0.5) is 0 Å². The smallest absolute Gasteiger partial charge is 0.187 e. The van der Waals surface area contributed by atoms with Gasteiger partial charge in [-0.15, -0.1) is 0 Å². The molecule has 2 aromatic rings. The highest BCUT2D eigenvalue weighted by atomic mass is 32.1. The van der Waals surface area contributed by atoms with Crippen molar-refractivity contribution in [2.45, 2.75) is 0 Å². The van der Waals surface area contributed by atoms with E-state index in [2.05, 4.69) is 0 Å². The number of thiocarbonyl (C=S) groups is 1. The van der Waals surface area contributed by atoms with Gasteiger partial charge in [0, 0.05) is 24.8 Å². The lowest BCUT2D eigenvalue weighted by Crippen LogP contribution is -2.15. The molecular weight excluding hydrogens is 200 g/mol. The molecule has 0 aliphatic heterocycles. The lowest BCUT2D eigenvalue weighted by molar-refractivity contribution is -0.268. The average molecular weight is 206 g/mol. The average Bonchev–Trinajstić information content (AvgIpc) is 2.73. The van der Waals surface area contributed by atoms with E-state index < -0.39 is 0 Å². The zero-order chi connectivity index (χ0) is 10.1. The summed E-state index contributed by atoms with van der Waals surface area (Å²) in [5.74, 6) is -0.219. The second kappa shape index (κ2) is 3.19. The Bertz CT molecular complexity index is 430. The van der Waals surface area contributed by atoms with Crippen LogP contribution in [0.5, 0.6) is 11.5 Å². The molecule has 0 radical (unpaired) electrons. The van der Waals surface area contributed by atoms with Crippen LogP contribution in [0, 0.1) is 0 Å². The summed E-state index contributed by atoms with van der Waals surface area (Å²) in [6.45, 7) is 0. The molecule has 0 aliphatic carbocycles. The van der Waals surface area contributed by atoms with Gasteiger partial charge in [-0.05, 0) is 12.2 Å². The lowest BCUT2D eigenvalue weighted by atomic mass is 10.6. The zero-order valence-corrected chi connectivity index (χ0v) is 7.90. The van der Waals surface area contributed by atoms with Gasteiger partial charge in [-0.2, -0.15) is 0 Å². The first-order valence-electron chi connectivity index (χ1n) is 3.91. The van der Waals surface area contributed by atoms with Crippen molar-refractivity contribution < 1.29 is 10.2 Å². The van der Waals surface area contributed by atoms with Crippen molar-refractivity contribution in [2.75, 3.05) is 0 Å². The van der Waals surface area contributed by atoms with Crippen LogP contribution in [-0.4, -0.2) is 14.2 Å². The molecule has 5 heteroatoms. The summed E-state index contributed by atoms with van der Waals surface area (Å²) >= 11 is 5.06. The Hall–Kier alpha value is -1.75. The van der Waals surface area contributed by atoms with Gasteiger partial charge in [0.15, 0.2) is 5.11 Å². The summed E-state index contributed by atoms with van der Waals surface area (Å²) in [7, 11) is 0. The number of hydrogen-bond donors (Lipinski definition) is 0. The predicted molar refractivity (Wildman–Crippen MR) is 51.2 cm³/mol. The van der Waals surface area contributed by atoms with E-state index in [9.17, 15) is 10.2 Å². The van der Waals surface area contributed by atoms with Crippen molar-refractivity contribution >= 4 is 17.3 Å². The van der Waals surface area contributed by atoms with Crippen molar-refractivity contribution in [3.63, 3.8) is 0 Å². The molecule has 0 amide bonds. The minimum Gasteiger partial charge on any atom is -0.871 e. The molecule has 72 valence electrons. The van der Waals surface area contributed by atoms with Crippen molar-refractivity contribution in [2.24, 2.45) is 0 Å². The van der Waals surface area contributed by atoms with Crippen LogP contribution in [0.1, 0.15) is 0 Å². The van der Waals surface area contributed by atoms with Gasteiger partial charge in [-0.1, -0.05) is 23.6 Å². The summed E-state index contributed by atoms with van der Waals surface area (Å²) in [5, 5.41) is 22.1. The predicted octanol–water partition coefficient (Wildman–Crippen LogP) is 0.118. The highest BCUT2D eigenvalue weighted by molar-refractivity contribution is 7.80. The van der Waals surface area contributed by atoms with Crippen molar-refractivity contribution in [1.82, 2.24) is 9.13 Å². The number of rotatable bonds is 0. The van der Waals surface area contributed by atoms with Gasteiger partial charge in [0.25, 0.3) is 0 Å². The van der Waals surface area contributed by atoms with Crippen LogP contribution in [0.2, 0.25) is 0 Å². The van der Waals surface area contributed by atoms with Crippen LogP contribution in [0.3, 0.4) is 0 Å². The van der Waals surface area contributed by atoms with Gasteiger partial charge in [-0.25, -0.2) is 0 Å². The maximum atomic E-state index is 10.9. The largest absolute Gasteiger partial charge is 0.871 e. The first kappa shape index (κ1) is 8.83. The lowest BCUT2D eigenvalue weighted by Gasteiger charge is -2.07. The molecule has 0 atom stereocenters. The maximum Gasteiger partial charge on any atom is 0.187 e. The Labute approximate surface area is 85.6 Å². The van der Waals surface area contributed by atoms with Crippen LogP contribution in [0.25, 0.3) is 0 Å². The van der Waals surface area contributed by atoms with Gasteiger partial charge in [0.1, 0.15) is 0 Å². The Morgan fingerprint density at radius 3 is 1.71 bits per heavy atom. The van der Waals surface area contributed by atoms with Gasteiger partial charge < -0.3 is 19.3 Å². The molecule has 0 spiro atoms. The molecule has 0 unspecified atom stereocenters. The third kappa shape index (κ3) is 1.49. The SMILES string of the molecule is [O-]c1ccn(C(=S)n2ccc([O-])c2)c1. The molecule has 0 saturated carbocycles. The molecule has 2 aromatic heterocycles. The zero-order valence-electron chi connectivity index (χ0n) is 7.08. The van der Waals surface area contributed by atoms with E-state index >= 15 is 0 Å². The van der Waals surface area contributed by atoms with E-state index in [0.29, 0.717) is 5.11 Å². The van der Waals surface area contributed by atoms with Gasteiger partial charge in [0.05, 0.1) is 0 Å². The fraction of sp³-hybridized carbons (Fsp3) is 0. The Morgan fingerprint density at radius 1 is 1.00 bits per heavy atom. The van der Waals surface area contributed by atoms with Crippen molar-refractivity contribution in [3.05, 3.63) is 36.9 Å². The van der Waals surface area contributed by atoms with Crippen molar-refractivity contribution in [3.8, 4) is 11.5 Å². The second-order valence-electron chi connectivity index (χ2n) is 2.79. The second-order valence-corrected chi connectivity index (χ2v) is 3.16. The van der Waals surface area contributed by atoms with E-state index in [0.717, 1.165) is 0 Å². The third-order valence-corrected chi connectivity index (χ3v) is 2.19. The van der Waals surface area contributed by atoms with Crippen LogP contribution in [0.15, 0.2) is 36.9 Å². The highest BCUT2D eigenvalue weighted by Crippen LogP contribution is 2.08. The molecule has 4 nitrogen and oxygen atoms in total. The third-order valence-electron chi connectivity index (χ3n) is 1.77. The number of hydrogen-bond acceptors (Lipinski definition) is 3. The van der Waals surface area contributed by atoms with Gasteiger partial charge in [-0.3, -0.25) is 0 Å². The molecule has 2 rings (SSSR count). The minimum absolute atomic E-state index is 0.109. The Kier molecular flexibility index (Phi) is 2.01. The topological polar surface area (TPSA) is 56.0 Å². The molecule has 14 heavy (non-hydrogen) atoms. The van der Waals surface area contributed by atoms with E-state index in [-0.39, 0.29) is 11.5 Å². The fourth-order valence-electron chi connectivity index (χ4n) is 1.13. The monoisotopic (exact) mass is 206 g/mol. The molecule has 0 aromatic carbocycles. The van der Waals surface area contributed by atoms with Gasteiger partial charge >= 0.3 is 0 Å². The summed E-state index contributed by atoms with van der Waals surface area (Å²) in [6, 6.07) is 2.82. The summed E-state index contributed by atoms with van der Waals surface area (Å²) in [6.07, 6.45) is 5.86. The maximum absolute atomic E-state index is 10.9. The van der Waals surface area contributed by atoms with Crippen molar-refractivity contribution in [1.29, 1.82) is 0 Å². The quantitative estimate of drug-likeness (QED) is 0.575. The molecule has 0 fully saturated rings. The normalized spacial score (nSPS) is 10.3. The number of aromatic nitrogens is 2. The van der Waals surface area contributed by atoms with E-state index in [1.807, 2.05) is 0 Å². The first-order valence-corrected chi connectivity index (χ1v) is 4.32. The fourth-order valence-corrected chi connectivity index (χ4v) is 1.35. The summed E-state index contributed by atoms with van der Waals surface area (Å²) in [5.41, 5.74) is 0. The van der Waals surface area contributed by atoms with Crippen LogP contribution >= 0.6 is 12.2 Å². The van der Waals surface area contributed by atoms with Crippen LogP contribution in [-0.2, 0) is 0 Å². The van der Waals surface area contributed by atoms with E-state index in [1.54, 1.807) is 12.4 Å². The number of nitrogens with zero attached hydrogens (tertiary/aromatic N) is 2. The molecule has 0 bridgehead atoms.